The molecule has 1 aliphatic heterocycles. The summed E-state index contributed by atoms with van der Waals surface area (Å²) >= 11 is 1.51. The van der Waals surface area contributed by atoms with Crippen molar-refractivity contribution in [3.05, 3.63) is 60.2 Å². The van der Waals surface area contributed by atoms with Crippen molar-refractivity contribution in [1.29, 1.82) is 0 Å². The molecule has 5 rings (SSSR count). The van der Waals surface area contributed by atoms with E-state index in [2.05, 4.69) is 4.90 Å². The summed E-state index contributed by atoms with van der Waals surface area (Å²) in [6, 6.07) is 17.7. The molecule has 188 valence electrons. The smallest absolute Gasteiger partial charge is 0.264 e. The van der Waals surface area contributed by atoms with E-state index >= 15 is 0 Å². The first-order chi connectivity index (χ1) is 17.7. The monoisotopic (exact) mass is 505 g/mol. The Labute approximate surface area is 215 Å². The third-order valence-corrected chi connectivity index (χ3v) is 7.34. The van der Waals surface area contributed by atoms with Crippen LogP contribution >= 0.6 is 11.3 Å². The number of fused-ring (bicyclic) bond motifs is 2. The Morgan fingerprint density at radius 2 is 1.78 bits per heavy atom. The Hall–Kier alpha value is -3.20. The van der Waals surface area contributed by atoms with E-state index in [9.17, 15) is 4.79 Å². The Morgan fingerprint density at radius 3 is 2.58 bits per heavy atom. The molecule has 4 aromatic rings. The molecular formula is C28H31N3O4S. The fourth-order valence-electron chi connectivity index (χ4n) is 4.53. The van der Waals surface area contributed by atoms with Gasteiger partial charge in [-0.25, -0.2) is 4.98 Å². The lowest BCUT2D eigenvalue weighted by atomic mass is 10.0. The van der Waals surface area contributed by atoms with Crippen LogP contribution < -0.4 is 14.4 Å². The highest BCUT2D eigenvalue weighted by Crippen LogP contribution is 2.37. The average Bonchev–Trinajstić information content (AvgIpc) is 3.34. The first kappa shape index (κ1) is 24.5. The van der Waals surface area contributed by atoms with E-state index in [4.69, 9.17) is 19.2 Å². The first-order valence-electron chi connectivity index (χ1n) is 12.5. The third kappa shape index (κ3) is 5.02. The van der Waals surface area contributed by atoms with Crippen molar-refractivity contribution in [3.8, 4) is 11.5 Å². The van der Waals surface area contributed by atoms with Crippen LogP contribution in [0.25, 0.3) is 21.0 Å². The largest absolute Gasteiger partial charge is 0.493 e. The molecule has 7 nitrogen and oxygen atoms in total. The quantitative estimate of drug-likeness (QED) is 0.311. The normalized spacial score (nSPS) is 14.3. The second-order valence-corrected chi connectivity index (χ2v) is 9.55. The maximum atomic E-state index is 14.4. The van der Waals surface area contributed by atoms with Crippen molar-refractivity contribution >= 4 is 43.4 Å². The van der Waals surface area contributed by atoms with Crippen molar-refractivity contribution in [1.82, 2.24) is 9.88 Å². The number of amides is 1. The highest BCUT2D eigenvalue weighted by molar-refractivity contribution is 7.22. The zero-order valence-corrected chi connectivity index (χ0v) is 21.6. The minimum Gasteiger partial charge on any atom is -0.493 e. The van der Waals surface area contributed by atoms with Gasteiger partial charge in [-0.1, -0.05) is 47.7 Å². The summed E-state index contributed by atoms with van der Waals surface area (Å²) < 4.78 is 18.3. The van der Waals surface area contributed by atoms with Gasteiger partial charge in [0.15, 0.2) is 5.13 Å². The number of ether oxygens (including phenoxy) is 3. The van der Waals surface area contributed by atoms with Gasteiger partial charge in [-0.2, -0.15) is 0 Å². The number of aromatic nitrogens is 1. The summed E-state index contributed by atoms with van der Waals surface area (Å²) in [7, 11) is 0. The van der Waals surface area contributed by atoms with Crippen LogP contribution in [0.3, 0.4) is 0 Å². The number of hydrogen-bond acceptors (Lipinski definition) is 7. The van der Waals surface area contributed by atoms with Crippen molar-refractivity contribution in [2.45, 2.75) is 13.8 Å². The number of hydrogen-bond donors (Lipinski definition) is 0. The number of anilines is 1. The molecule has 3 aromatic carbocycles. The predicted octanol–water partition coefficient (Wildman–Crippen LogP) is 5.23. The molecule has 1 saturated heterocycles. The molecule has 1 fully saturated rings. The molecule has 0 unspecified atom stereocenters. The first-order valence-corrected chi connectivity index (χ1v) is 13.3. The number of rotatable bonds is 9. The van der Waals surface area contributed by atoms with Crippen LogP contribution in [0.1, 0.15) is 24.2 Å². The molecule has 0 bridgehead atoms. The number of para-hydroxylation sites is 1. The van der Waals surface area contributed by atoms with Gasteiger partial charge >= 0.3 is 0 Å². The number of thiazole rings is 1. The summed E-state index contributed by atoms with van der Waals surface area (Å²) in [6.07, 6.45) is 0. The molecule has 0 radical (unpaired) electrons. The van der Waals surface area contributed by atoms with Gasteiger partial charge in [0.05, 0.1) is 36.7 Å². The zero-order chi connectivity index (χ0) is 24.9. The van der Waals surface area contributed by atoms with Crippen LogP contribution in [-0.4, -0.2) is 68.4 Å². The minimum atomic E-state index is -0.111. The van der Waals surface area contributed by atoms with Crippen molar-refractivity contribution < 1.29 is 19.0 Å². The molecule has 0 N–H and O–H groups in total. The molecule has 1 aliphatic rings. The second kappa shape index (κ2) is 11.2. The van der Waals surface area contributed by atoms with Crippen LogP contribution in [0.2, 0.25) is 0 Å². The van der Waals surface area contributed by atoms with E-state index in [-0.39, 0.29) is 5.91 Å². The van der Waals surface area contributed by atoms with Gasteiger partial charge in [-0.05, 0) is 42.8 Å². The Morgan fingerprint density at radius 1 is 1.00 bits per heavy atom. The number of nitrogens with zero attached hydrogens (tertiary/aromatic N) is 3. The molecular weight excluding hydrogens is 474 g/mol. The van der Waals surface area contributed by atoms with Crippen molar-refractivity contribution in [3.63, 3.8) is 0 Å². The van der Waals surface area contributed by atoms with E-state index in [1.165, 1.54) is 11.3 Å². The van der Waals surface area contributed by atoms with Gasteiger partial charge in [0.25, 0.3) is 5.91 Å². The van der Waals surface area contributed by atoms with Crippen molar-refractivity contribution in [2.75, 3.05) is 57.5 Å². The highest BCUT2D eigenvalue weighted by atomic mass is 32.1. The molecule has 36 heavy (non-hydrogen) atoms. The van der Waals surface area contributed by atoms with Gasteiger partial charge in [-0.3, -0.25) is 14.6 Å². The molecule has 1 aromatic heterocycles. The van der Waals surface area contributed by atoms with E-state index in [0.29, 0.717) is 49.4 Å². The van der Waals surface area contributed by atoms with E-state index < -0.39 is 0 Å². The van der Waals surface area contributed by atoms with Gasteiger partial charge in [0.2, 0.25) is 0 Å². The van der Waals surface area contributed by atoms with Crippen LogP contribution in [-0.2, 0) is 4.74 Å². The maximum absolute atomic E-state index is 14.4. The zero-order valence-electron chi connectivity index (χ0n) is 20.7. The molecule has 1 amide bonds. The van der Waals surface area contributed by atoms with Crippen molar-refractivity contribution in [2.24, 2.45) is 0 Å². The fraction of sp³-hybridized carbons (Fsp3) is 0.357. The SMILES string of the molecule is CCOc1ccc2ccccc2c1C(=O)N(CCN1CCOCC1)c1nc2c(OCC)cccc2s1. The number of benzene rings is 3. The topological polar surface area (TPSA) is 64.1 Å². The Balaban J connectivity index is 1.58. The Bertz CT molecular complexity index is 1350. The maximum Gasteiger partial charge on any atom is 0.264 e. The van der Waals surface area contributed by atoms with Crippen LogP contribution in [0.4, 0.5) is 5.13 Å². The lowest BCUT2D eigenvalue weighted by Crippen LogP contribution is -2.43. The lowest BCUT2D eigenvalue weighted by Gasteiger charge is -2.29. The predicted molar refractivity (Wildman–Crippen MR) is 145 cm³/mol. The summed E-state index contributed by atoms with van der Waals surface area (Å²) in [5.41, 5.74) is 1.35. The molecule has 0 saturated carbocycles. The fourth-order valence-corrected chi connectivity index (χ4v) is 5.54. The minimum absolute atomic E-state index is 0.111. The van der Waals surface area contributed by atoms with Gasteiger partial charge in [-0.15, -0.1) is 0 Å². The van der Waals surface area contributed by atoms with Gasteiger partial charge < -0.3 is 14.2 Å². The summed E-state index contributed by atoms with van der Waals surface area (Å²) in [4.78, 5) is 23.4. The summed E-state index contributed by atoms with van der Waals surface area (Å²) in [5.74, 6) is 1.22. The van der Waals surface area contributed by atoms with E-state index in [1.807, 2.05) is 68.4 Å². The third-order valence-electron chi connectivity index (χ3n) is 6.29. The molecule has 0 atom stereocenters. The van der Waals surface area contributed by atoms with Crippen LogP contribution in [0, 0.1) is 0 Å². The summed E-state index contributed by atoms with van der Waals surface area (Å²) in [6.45, 7) is 9.31. The second-order valence-electron chi connectivity index (χ2n) is 8.54. The van der Waals surface area contributed by atoms with Crippen LogP contribution in [0.15, 0.2) is 54.6 Å². The molecule has 0 spiro atoms. The lowest BCUT2D eigenvalue weighted by molar-refractivity contribution is 0.0391. The Kier molecular flexibility index (Phi) is 7.65. The van der Waals surface area contributed by atoms with Gasteiger partial charge in [0.1, 0.15) is 17.0 Å². The summed E-state index contributed by atoms with van der Waals surface area (Å²) in [5, 5.41) is 2.53. The van der Waals surface area contributed by atoms with E-state index in [1.54, 1.807) is 4.90 Å². The highest BCUT2D eigenvalue weighted by Gasteiger charge is 2.27. The number of carbonyl (C=O) groups excluding carboxylic acids is 1. The molecule has 2 heterocycles. The van der Waals surface area contributed by atoms with Gasteiger partial charge in [0, 0.05) is 26.2 Å². The van der Waals surface area contributed by atoms with E-state index in [0.717, 1.165) is 46.4 Å². The standard InChI is InChI=1S/C28H31N3O4S/c1-3-34-22-13-12-20-8-5-6-9-21(20)25(22)27(32)31(15-14-30-16-18-33-19-17-30)28-29-26-23(35-4-2)10-7-11-24(26)36-28/h5-13H,3-4,14-19H2,1-2H3. The number of carbonyl (C=O) groups is 1. The van der Waals surface area contributed by atoms with Crippen LogP contribution in [0.5, 0.6) is 11.5 Å². The molecule has 0 aliphatic carbocycles. The number of morpholine rings is 1. The molecule has 8 heteroatoms. The average molecular weight is 506 g/mol.